The van der Waals surface area contributed by atoms with Crippen molar-refractivity contribution >= 4 is 17.5 Å². The zero-order chi connectivity index (χ0) is 18.9. The predicted molar refractivity (Wildman–Crippen MR) is 92.3 cm³/mol. The van der Waals surface area contributed by atoms with E-state index in [2.05, 4.69) is 25.1 Å². The van der Waals surface area contributed by atoms with E-state index in [0.717, 1.165) is 29.0 Å². The van der Waals surface area contributed by atoms with Gasteiger partial charge in [-0.2, -0.15) is 13.2 Å². The SMILES string of the molecule is [C-]#[N+]c1[nH]c(C)c(-c2ccnc(Nc3ccc(C(F)(F)F)cc3)n2)c1C. The number of H-pyrrole nitrogens is 1. The van der Waals surface area contributed by atoms with Gasteiger partial charge in [-0.3, -0.25) is 0 Å². The number of hydrogen-bond donors (Lipinski definition) is 2. The zero-order valence-corrected chi connectivity index (χ0v) is 13.9. The van der Waals surface area contributed by atoms with Crippen molar-refractivity contribution in [2.45, 2.75) is 20.0 Å². The van der Waals surface area contributed by atoms with E-state index < -0.39 is 11.7 Å². The fraction of sp³-hybridized carbons (Fsp3) is 0.167. The van der Waals surface area contributed by atoms with E-state index in [1.807, 2.05) is 13.8 Å². The molecule has 26 heavy (non-hydrogen) atoms. The third-order valence-corrected chi connectivity index (χ3v) is 3.90. The Morgan fingerprint density at radius 2 is 1.81 bits per heavy atom. The van der Waals surface area contributed by atoms with Crippen LogP contribution in [0.2, 0.25) is 0 Å². The molecule has 0 aliphatic heterocycles. The lowest BCUT2D eigenvalue weighted by molar-refractivity contribution is -0.137. The Balaban J connectivity index is 1.89. The highest BCUT2D eigenvalue weighted by atomic mass is 19.4. The van der Waals surface area contributed by atoms with Gasteiger partial charge in [-0.25, -0.2) is 9.97 Å². The summed E-state index contributed by atoms with van der Waals surface area (Å²) in [7, 11) is 0. The van der Waals surface area contributed by atoms with Crippen LogP contribution in [-0.4, -0.2) is 15.0 Å². The summed E-state index contributed by atoms with van der Waals surface area (Å²) < 4.78 is 37.9. The molecule has 3 rings (SSSR count). The average molecular weight is 357 g/mol. The Hall–Kier alpha value is -3.34. The number of aromatic nitrogens is 3. The van der Waals surface area contributed by atoms with Crippen LogP contribution in [0.25, 0.3) is 16.1 Å². The molecule has 2 N–H and O–H groups in total. The molecule has 1 aromatic carbocycles. The molecule has 132 valence electrons. The molecule has 0 fully saturated rings. The number of aromatic amines is 1. The minimum absolute atomic E-state index is 0.256. The van der Waals surface area contributed by atoms with Gasteiger partial charge in [0.15, 0.2) is 0 Å². The summed E-state index contributed by atoms with van der Waals surface area (Å²) in [5, 5.41) is 2.89. The molecule has 0 amide bonds. The normalized spacial score (nSPS) is 11.2. The Morgan fingerprint density at radius 1 is 1.12 bits per heavy atom. The Kier molecular flexibility index (Phi) is 4.38. The highest BCUT2D eigenvalue weighted by Crippen LogP contribution is 2.33. The Labute approximate surface area is 147 Å². The van der Waals surface area contributed by atoms with E-state index in [-0.39, 0.29) is 5.95 Å². The summed E-state index contributed by atoms with van der Waals surface area (Å²) in [6.07, 6.45) is -2.82. The summed E-state index contributed by atoms with van der Waals surface area (Å²) in [6, 6.07) is 6.35. The van der Waals surface area contributed by atoms with Gasteiger partial charge in [0.25, 0.3) is 0 Å². The molecule has 2 aromatic heterocycles. The number of aryl methyl sites for hydroxylation is 1. The van der Waals surface area contributed by atoms with Gasteiger partial charge in [0.2, 0.25) is 11.8 Å². The maximum absolute atomic E-state index is 12.6. The summed E-state index contributed by atoms with van der Waals surface area (Å²) in [4.78, 5) is 15.0. The number of hydrogen-bond acceptors (Lipinski definition) is 3. The van der Waals surface area contributed by atoms with Gasteiger partial charge >= 0.3 is 6.18 Å². The minimum atomic E-state index is -4.38. The number of rotatable bonds is 3. The molecular formula is C18H14F3N5. The number of benzene rings is 1. The van der Waals surface area contributed by atoms with Gasteiger partial charge in [0.05, 0.1) is 17.0 Å². The number of alkyl halides is 3. The second-order valence-corrected chi connectivity index (χ2v) is 5.68. The third kappa shape index (κ3) is 3.37. The van der Waals surface area contributed by atoms with Crippen LogP contribution in [0.4, 0.5) is 30.6 Å². The van der Waals surface area contributed by atoms with E-state index in [1.165, 1.54) is 12.1 Å². The van der Waals surface area contributed by atoms with Crippen LogP contribution >= 0.6 is 0 Å². The van der Waals surface area contributed by atoms with E-state index in [0.29, 0.717) is 17.2 Å². The first-order chi connectivity index (χ1) is 12.3. The van der Waals surface area contributed by atoms with E-state index in [9.17, 15) is 13.2 Å². The maximum atomic E-state index is 12.6. The Morgan fingerprint density at radius 3 is 2.38 bits per heavy atom. The number of halogens is 3. The minimum Gasteiger partial charge on any atom is -0.364 e. The molecule has 5 nitrogen and oxygen atoms in total. The summed E-state index contributed by atoms with van der Waals surface area (Å²) in [6.45, 7) is 10.9. The van der Waals surface area contributed by atoms with E-state index >= 15 is 0 Å². The molecule has 0 aliphatic carbocycles. The lowest BCUT2D eigenvalue weighted by atomic mass is 10.1. The van der Waals surface area contributed by atoms with E-state index in [4.69, 9.17) is 6.57 Å². The molecule has 0 bridgehead atoms. The smallest absolute Gasteiger partial charge is 0.364 e. The maximum Gasteiger partial charge on any atom is 0.416 e. The molecule has 2 heterocycles. The van der Waals surface area contributed by atoms with Crippen molar-refractivity contribution in [1.82, 2.24) is 15.0 Å². The van der Waals surface area contributed by atoms with Crippen LogP contribution in [0.5, 0.6) is 0 Å². The topological polar surface area (TPSA) is 58.0 Å². The van der Waals surface area contributed by atoms with Crippen molar-refractivity contribution in [1.29, 1.82) is 0 Å². The van der Waals surface area contributed by atoms with Crippen molar-refractivity contribution in [3.05, 3.63) is 64.8 Å². The highest BCUT2D eigenvalue weighted by molar-refractivity contribution is 5.74. The van der Waals surface area contributed by atoms with Gasteiger partial charge in [0, 0.05) is 17.4 Å². The Bertz CT molecular complexity index is 982. The number of nitrogens with one attached hydrogen (secondary N) is 2. The quantitative estimate of drug-likeness (QED) is 0.617. The summed E-state index contributed by atoms with van der Waals surface area (Å²) >= 11 is 0. The van der Waals surface area contributed by atoms with Crippen LogP contribution in [0.15, 0.2) is 36.5 Å². The molecule has 0 unspecified atom stereocenters. The van der Waals surface area contributed by atoms with Gasteiger partial charge in [-0.05, 0) is 49.7 Å². The van der Waals surface area contributed by atoms with Crippen molar-refractivity contribution in [3.8, 4) is 11.3 Å². The standard InChI is InChI=1S/C18H14F3N5/c1-10-15(11(2)24-16(10)22-3)14-8-9-23-17(26-14)25-13-6-4-12(5-7-13)18(19,20)21/h4-9,24H,1-2H3,(H,23,25,26). The second-order valence-electron chi connectivity index (χ2n) is 5.68. The predicted octanol–water partition coefficient (Wildman–Crippen LogP) is 5.40. The van der Waals surface area contributed by atoms with Gasteiger partial charge < -0.3 is 15.1 Å². The van der Waals surface area contributed by atoms with Crippen LogP contribution in [0, 0.1) is 20.4 Å². The molecule has 0 aliphatic rings. The summed E-state index contributed by atoms with van der Waals surface area (Å²) in [5.74, 6) is 0.708. The van der Waals surface area contributed by atoms with Crippen LogP contribution < -0.4 is 5.32 Å². The van der Waals surface area contributed by atoms with Crippen LogP contribution in [-0.2, 0) is 6.18 Å². The van der Waals surface area contributed by atoms with Crippen molar-refractivity contribution in [2.24, 2.45) is 0 Å². The van der Waals surface area contributed by atoms with Crippen molar-refractivity contribution in [2.75, 3.05) is 5.32 Å². The van der Waals surface area contributed by atoms with Crippen molar-refractivity contribution < 1.29 is 13.2 Å². The largest absolute Gasteiger partial charge is 0.416 e. The average Bonchev–Trinajstić information content (AvgIpc) is 2.88. The second kappa shape index (κ2) is 6.52. The fourth-order valence-corrected chi connectivity index (χ4v) is 2.66. The first kappa shape index (κ1) is 17.5. The number of anilines is 2. The van der Waals surface area contributed by atoms with Crippen molar-refractivity contribution in [3.63, 3.8) is 0 Å². The molecule has 0 radical (unpaired) electrons. The van der Waals surface area contributed by atoms with Gasteiger partial charge in [-0.15, -0.1) is 0 Å². The van der Waals surface area contributed by atoms with Gasteiger partial charge in [-0.1, -0.05) is 6.57 Å². The van der Waals surface area contributed by atoms with E-state index in [1.54, 1.807) is 12.3 Å². The molecule has 0 atom stereocenters. The van der Waals surface area contributed by atoms with Crippen LogP contribution in [0.1, 0.15) is 16.8 Å². The molecule has 3 aromatic rings. The first-order valence-electron chi connectivity index (χ1n) is 7.64. The highest BCUT2D eigenvalue weighted by Gasteiger charge is 2.29. The monoisotopic (exact) mass is 357 g/mol. The third-order valence-electron chi connectivity index (χ3n) is 3.90. The lowest BCUT2D eigenvalue weighted by Gasteiger charge is -2.09. The molecular weight excluding hydrogens is 343 g/mol. The molecule has 8 heteroatoms. The van der Waals surface area contributed by atoms with Gasteiger partial charge in [0.1, 0.15) is 0 Å². The van der Waals surface area contributed by atoms with Crippen LogP contribution in [0.3, 0.4) is 0 Å². The number of nitrogens with zero attached hydrogens (tertiary/aromatic N) is 3. The first-order valence-corrected chi connectivity index (χ1v) is 7.64. The summed E-state index contributed by atoms with van der Waals surface area (Å²) in [5.41, 5.74) is 2.76. The zero-order valence-electron chi connectivity index (χ0n) is 13.9. The molecule has 0 spiro atoms. The lowest BCUT2D eigenvalue weighted by Crippen LogP contribution is -2.05. The molecule has 0 saturated carbocycles. The molecule has 0 saturated heterocycles. The fourth-order valence-electron chi connectivity index (χ4n) is 2.66.